The fourth-order valence-electron chi connectivity index (χ4n) is 2.39. The molecule has 0 heterocycles. The maximum Gasteiger partial charge on any atom is 0.223 e. The molecule has 86 valence electrons. The van der Waals surface area contributed by atoms with Crippen molar-refractivity contribution in [1.29, 1.82) is 0 Å². The first kappa shape index (κ1) is 11.3. The standard InChI is InChI=1S/C12H20ClNO/c1-8-6-11(8)12(15)14-7-9-2-4-10(13)5-3-9/h8-11H,2-7H2,1H3,(H,14,15). The monoisotopic (exact) mass is 229 g/mol. The Hall–Kier alpha value is -0.240. The molecule has 2 aliphatic rings. The zero-order valence-corrected chi connectivity index (χ0v) is 10.1. The van der Waals surface area contributed by atoms with E-state index >= 15 is 0 Å². The molecular formula is C12H20ClNO. The summed E-state index contributed by atoms with van der Waals surface area (Å²) in [7, 11) is 0. The van der Waals surface area contributed by atoms with E-state index in [0.717, 1.165) is 25.8 Å². The van der Waals surface area contributed by atoms with E-state index in [1.807, 2.05) is 0 Å². The molecule has 2 aliphatic carbocycles. The maximum atomic E-state index is 11.6. The van der Waals surface area contributed by atoms with Crippen LogP contribution in [0.5, 0.6) is 0 Å². The molecule has 0 spiro atoms. The van der Waals surface area contributed by atoms with Crippen molar-refractivity contribution in [2.24, 2.45) is 17.8 Å². The first-order valence-electron chi connectivity index (χ1n) is 6.08. The van der Waals surface area contributed by atoms with Gasteiger partial charge in [0.05, 0.1) is 0 Å². The number of hydrogen-bond donors (Lipinski definition) is 1. The Morgan fingerprint density at radius 1 is 1.33 bits per heavy atom. The molecule has 2 fully saturated rings. The minimum atomic E-state index is 0.274. The predicted octanol–water partition coefficient (Wildman–Crippen LogP) is 2.56. The van der Waals surface area contributed by atoms with Crippen LogP contribution in [0, 0.1) is 17.8 Å². The molecule has 1 N–H and O–H groups in total. The first-order chi connectivity index (χ1) is 7.16. The van der Waals surface area contributed by atoms with Gasteiger partial charge in [-0.3, -0.25) is 4.79 Å². The number of alkyl halides is 1. The third-order valence-electron chi connectivity index (χ3n) is 3.79. The molecule has 2 saturated carbocycles. The van der Waals surface area contributed by atoms with E-state index in [-0.39, 0.29) is 5.91 Å². The summed E-state index contributed by atoms with van der Waals surface area (Å²) in [5.41, 5.74) is 0. The van der Waals surface area contributed by atoms with E-state index in [1.165, 1.54) is 12.8 Å². The number of carbonyl (C=O) groups excluding carboxylic acids is 1. The number of rotatable bonds is 3. The minimum Gasteiger partial charge on any atom is -0.356 e. The second-order valence-electron chi connectivity index (χ2n) is 5.18. The number of halogens is 1. The summed E-state index contributed by atoms with van der Waals surface area (Å²) in [4.78, 5) is 11.6. The van der Waals surface area contributed by atoms with Gasteiger partial charge in [0.25, 0.3) is 0 Å². The summed E-state index contributed by atoms with van der Waals surface area (Å²) in [6.45, 7) is 3.01. The summed E-state index contributed by atoms with van der Waals surface area (Å²) in [6, 6.07) is 0. The van der Waals surface area contributed by atoms with Crippen molar-refractivity contribution in [3.05, 3.63) is 0 Å². The predicted molar refractivity (Wildman–Crippen MR) is 61.9 cm³/mol. The zero-order chi connectivity index (χ0) is 10.8. The Kier molecular flexibility index (Phi) is 3.55. The van der Waals surface area contributed by atoms with Crippen LogP contribution in [0.15, 0.2) is 0 Å². The lowest BCUT2D eigenvalue weighted by Crippen LogP contribution is -2.32. The van der Waals surface area contributed by atoms with E-state index in [2.05, 4.69) is 12.2 Å². The van der Waals surface area contributed by atoms with Gasteiger partial charge in [-0.1, -0.05) is 6.92 Å². The number of hydrogen-bond acceptors (Lipinski definition) is 1. The molecular weight excluding hydrogens is 210 g/mol. The van der Waals surface area contributed by atoms with Crippen LogP contribution in [0.4, 0.5) is 0 Å². The highest BCUT2D eigenvalue weighted by Gasteiger charge is 2.39. The summed E-state index contributed by atoms with van der Waals surface area (Å²) >= 11 is 6.04. The Morgan fingerprint density at radius 3 is 2.47 bits per heavy atom. The normalized spacial score (nSPS) is 39.9. The lowest BCUT2D eigenvalue weighted by atomic mass is 9.89. The van der Waals surface area contributed by atoms with Gasteiger partial charge in [-0.25, -0.2) is 0 Å². The molecule has 0 saturated heterocycles. The van der Waals surface area contributed by atoms with Gasteiger partial charge in [-0.05, 0) is 43.9 Å². The topological polar surface area (TPSA) is 29.1 Å². The van der Waals surface area contributed by atoms with Crippen molar-refractivity contribution in [1.82, 2.24) is 5.32 Å². The number of carbonyl (C=O) groups is 1. The maximum absolute atomic E-state index is 11.6. The molecule has 2 rings (SSSR count). The molecule has 0 aromatic rings. The number of amides is 1. The highest BCUT2D eigenvalue weighted by atomic mass is 35.5. The molecule has 3 heteroatoms. The molecule has 0 aromatic heterocycles. The zero-order valence-electron chi connectivity index (χ0n) is 9.34. The fourth-order valence-corrected chi connectivity index (χ4v) is 2.64. The summed E-state index contributed by atoms with van der Waals surface area (Å²) in [5.74, 6) is 1.87. The van der Waals surface area contributed by atoms with Crippen LogP contribution in [0.1, 0.15) is 39.0 Å². The highest BCUT2D eigenvalue weighted by molar-refractivity contribution is 6.20. The average molecular weight is 230 g/mol. The van der Waals surface area contributed by atoms with Gasteiger partial charge in [-0.15, -0.1) is 11.6 Å². The van der Waals surface area contributed by atoms with E-state index in [4.69, 9.17) is 11.6 Å². The van der Waals surface area contributed by atoms with Gasteiger partial charge in [-0.2, -0.15) is 0 Å². The van der Waals surface area contributed by atoms with Gasteiger partial charge < -0.3 is 5.32 Å². The van der Waals surface area contributed by atoms with Gasteiger partial charge >= 0.3 is 0 Å². The van der Waals surface area contributed by atoms with Crippen LogP contribution >= 0.6 is 11.6 Å². The molecule has 0 aromatic carbocycles. The Balaban J connectivity index is 1.63. The molecule has 2 unspecified atom stereocenters. The Labute approximate surface area is 96.8 Å². The van der Waals surface area contributed by atoms with E-state index in [0.29, 0.717) is 23.1 Å². The SMILES string of the molecule is CC1CC1C(=O)NCC1CCC(Cl)CC1. The van der Waals surface area contributed by atoms with Crippen LogP contribution in [0.25, 0.3) is 0 Å². The van der Waals surface area contributed by atoms with Gasteiger partial charge in [0.15, 0.2) is 0 Å². The molecule has 1 amide bonds. The van der Waals surface area contributed by atoms with Gasteiger partial charge in [0.1, 0.15) is 0 Å². The molecule has 2 nitrogen and oxygen atoms in total. The van der Waals surface area contributed by atoms with Crippen molar-refractivity contribution in [2.75, 3.05) is 6.54 Å². The largest absolute Gasteiger partial charge is 0.356 e. The van der Waals surface area contributed by atoms with Crippen LogP contribution < -0.4 is 5.32 Å². The average Bonchev–Trinajstić information content (AvgIpc) is 2.94. The minimum absolute atomic E-state index is 0.274. The molecule has 0 radical (unpaired) electrons. The summed E-state index contributed by atoms with van der Waals surface area (Å²) in [6.07, 6.45) is 5.66. The fraction of sp³-hybridized carbons (Fsp3) is 0.917. The lowest BCUT2D eigenvalue weighted by molar-refractivity contribution is -0.122. The second kappa shape index (κ2) is 4.73. The summed E-state index contributed by atoms with van der Waals surface area (Å²) in [5, 5.41) is 3.45. The van der Waals surface area contributed by atoms with E-state index in [1.54, 1.807) is 0 Å². The first-order valence-corrected chi connectivity index (χ1v) is 6.52. The van der Waals surface area contributed by atoms with Crippen molar-refractivity contribution in [3.8, 4) is 0 Å². The van der Waals surface area contributed by atoms with Crippen LogP contribution in [0.2, 0.25) is 0 Å². The molecule has 15 heavy (non-hydrogen) atoms. The molecule has 2 atom stereocenters. The third-order valence-corrected chi connectivity index (χ3v) is 4.22. The van der Waals surface area contributed by atoms with Crippen LogP contribution in [-0.2, 0) is 4.79 Å². The van der Waals surface area contributed by atoms with Gasteiger partial charge in [0, 0.05) is 17.8 Å². The molecule has 0 bridgehead atoms. The van der Waals surface area contributed by atoms with Crippen molar-refractivity contribution in [3.63, 3.8) is 0 Å². The van der Waals surface area contributed by atoms with Gasteiger partial charge in [0.2, 0.25) is 5.91 Å². The van der Waals surface area contributed by atoms with Crippen molar-refractivity contribution in [2.45, 2.75) is 44.4 Å². The summed E-state index contributed by atoms with van der Waals surface area (Å²) < 4.78 is 0. The second-order valence-corrected chi connectivity index (χ2v) is 5.80. The van der Waals surface area contributed by atoms with E-state index < -0.39 is 0 Å². The number of nitrogens with one attached hydrogen (secondary N) is 1. The lowest BCUT2D eigenvalue weighted by Gasteiger charge is -2.25. The van der Waals surface area contributed by atoms with Crippen LogP contribution in [-0.4, -0.2) is 17.8 Å². The Morgan fingerprint density at radius 2 is 1.93 bits per heavy atom. The Bertz CT molecular complexity index is 236. The van der Waals surface area contributed by atoms with Crippen molar-refractivity contribution >= 4 is 17.5 Å². The third kappa shape index (κ3) is 3.10. The smallest absolute Gasteiger partial charge is 0.223 e. The highest BCUT2D eigenvalue weighted by Crippen LogP contribution is 2.37. The van der Waals surface area contributed by atoms with E-state index in [9.17, 15) is 4.79 Å². The quantitative estimate of drug-likeness (QED) is 0.741. The van der Waals surface area contributed by atoms with Crippen molar-refractivity contribution < 1.29 is 4.79 Å². The van der Waals surface area contributed by atoms with Crippen LogP contribution in [0.3, 0.4) is 0 Å². The molecule has 0 aliphatic heterocycles.